The molecule has 2 nitrogen and oxygen atoms in total. The minimum Gasteiger partial charge on any atom is -0.341 e. The average molecular weight is 527 g/mol. The molecule has 0 unspecified atom stereocenters. The Morgan fingerprint density at radius 1 is 0.432 bits per heavy atom. The molecule has 0 saturated carbocycles. The molecule has 0 amide bonds. The van der Waals surface area contributed by atoms with Crippen LogP contribution in [0, 0.1) is 0 Å². The van der Waals surface area contributed by atoms with Crippen LogP contribution in [0.15, 0.2) is 121 Å². The molecule has 190 valence electrons. The molecule has 1 heterocycles. The van der Waals surface area contributed by atoms with Gasteiger partial charge < -0.3 is 9.47 Å². The predicted octanol–water partition coefficient (Wildman–Crippen LogP) is 6.55. The van der Waals surface area contributed by atoms with E-state index in [2.05, 4.69) is 149 Å². The summed E-state index contributed by atoms with van der Waals surface area (Å²) < 4.78 is 13.8. The SMILES string of the molecule is CC1(C)O[C@](C)(CP(c2ccccc2)c2ccccc2)[C@@](C)(CP(c2ccccc2)c2ccccc2)O1. The van der Waals surface area contributed by atoms with E-state index in [-0.39, 0.29) is 0 Å². The molecule has 5 rings (SSSR count). The third-order valence-electron chi connectivity index (χ3n) is 7.25. The van der Waals surface area contributed by atoms with Gasteiger partial charge in [-0.05, 0) is 64.8 Å². The van der Waals surface area contributed by atoms with E-state index in [1.54, 1.807) is 0 Å². The topological polar surface area (TPSA) is 18.5 Å². The molecule has 1 saturated heterocycles. The van der Waals surface area contributed by atoms with Gasteiger partial charge in [-0.15, -0.1) is 0 Å². The summed E-state index contributed by atoms with van der Waals surface area (Å²) in [7, 11) is -1.28. The Balaban J connectivity index is 1.56. The summed E-state index contributed by atoms with van der Waals surface area (Å²) in [6.07, 6.45) is 1.78. The highest BCUT2D eigenvalue weighted by atomic mass is 31.1. The third-order valence-corrected chi connectivity index (χ3v) is 12.8. The van der Waals surface area contributed by atoms with E-state index in [1.807, 2.05) is 0 Å². The maximum Gasteiger partial charge on any atom is 0.164 e. The standard InChI is InChI=1S/C33H36O2P2/c1-31(2)34-32(3,25-36(27-17-9-5-10-18-27)28-19-11-6-12-20-28)33(4,35-31)26-37(29-21-13-7-14-22-29)30-23-15-8-16-24-30/h5-24H,25-26H2,1-4H3/t32-,33-/m1/s1. The van der Waals surface area contributed by atoms with E-state index in [0.29, 0.717) is 0 Å². The summed E-state index contributed by atoms with van der Waals surface area (Å²) >= 11 is 0. The summed E-state index contributed by atoms with van der Waals surface area (Å²) in [6, 6.07) is 43.7. The normalized spacial score (nSPS) is 23.0. The van der Waals surface area contributed by atoms with E-state index in [1.165, 1.54) is 21.2 Å². The molecule has 0 spiro atoms. The lowest BCUT2D eigenvalue weighted by molar-refractivity contribution is -0.162. The fraction of sp³-hybridized carbons (Fsp3) is 0.273. The van der Waals surface area contributed by atoms with E-state index >= 15 is 0 Å². The van der Waals surface area contributed by atoms with Gasteiger partial charge in [-0.2, -0.15) is 0 Å². The zero-order chi connectivity index (χ0) is 25.9. The molecular formula is C33H36O2P2. The van der Waals surface area contributed by atoms with Crippen molar-refractivity contribution >= 4 is 37.1 Å². The lowest BCUT2D eigenvalue weighted by atomic mass is 9.89. The Bertz CT molecular complexity index is 1100. The minimum absolute atomic E-state index is 0.474. The number of hydrogen-bond donors (Lipinski definition) is 0. The Morgan fingerprint density at radius 2 is 0.676 bits per heavy atom. The van der Waals surface area contributed by atoms with Crippen LogP contribution in [0.4, 0.5) is 0 Å². The average Bonchev–Trinajstić information content (AvgIpc) is 3.10. The Labute approximate surface area is 224 Å². The first kappa shape index (κ1) is 26.3. The Morgan fingerprint density at radius 3 is 0.919 bits per heavy atom. The highest BCUT2D eigenvalue weighted by Gasteiger charge is 2.59. The lowest BCUT2D eigenvalue weighted by Gasteiger charge is -2.42. The predicted molar refractivity (Wildman–Crippen MR) is 161 cm³/mol. The smallest absolute Gasteiger partial charge is 0.164 e. The molecule has 4 aromatic rings. The van der Waals surface area contributed by atoms with Crippen LogP contribution in [-0.2, 0) is 9.47 Å². The van der Waals surface area contributed by atoms with Crippen LogP contribution in [0.1, 0.15) is 27.7 Å². The van der Waals surface area contributed by atoms with E-state index in [0.717, 1.165) is 12.3 Å². The maximum absolute atomic E-state index is 6.90. The summed E-state index contributed by atoms with van der Waals surface area (Å²) in [6.45, 7) is 8.70. The molecule has 1 aliphatic rings. The van der Waals surface area contributed by atoms with Crippen molar-refractivity contribution in [2.75, 3.05) is 12.3 Å². The Kier molecular flexibility index (Phi) is 7.67. The first-order valence-corrected chi connectivity index (χ1v) is 16.0. The molecule has 0 N–H and O–H groups in total. The first-order valence-electron chi connectivity index (χ1n) is 12.9. The second kappa shape index (κ2) is 10.8. The van der Waals surface area contributed by atoms with Crippen molar-refractivity contribution in [3.05, 3.63) is 121 Å². The van der Waals surface area contributed by atoms with Gasteiger partial charge in [-0.1, -0.05) is 121 Å². The molecule has 4 aromatic carbocycles. The second-order valence-electron chi connectivity index (χ2n) is 10.6. The molecule has 0 radical (unpaired) electrons. The zero-order valence-corrected chi connectivity index (χ0v) is 24.0. The summed E-state index contributed by atoms with van der Waals surface area (Å²) in [5.74, 6) is -0.660. The molecule has 0 aliphatic carbocycles. The molecule has 1 fully saturated rings. The third kappa shape index (κ3) is 5.74. The summed E-state index contributed by atoms with van der Waals surface area (Å²) in [5, 5.41) is 5.48. The number of benzene rings is 4. The van der Waals surface area contributed by atoms with Crippen molar-refractivity contribution in [3.63, 3.8) is 0 Å². The van der Waals surface area contributed by atoms with Crippen LogP contribution < -0.4 is 21.2 Å². The van der Waals surface area contributed by atoms with Gasteiger partial charge in [0, 0.05) is 12.3 Å². The number of ether oxygens (including phenoxy) is 2. The molecule has 0 aromatic heterocycles. The zero-order valence-electron chi connectivity index (χ0n) is 22.2. The quantitative estimate of drug-likeness (QED) is 0.242. The molecule has 4 heteroatoms. The largest absolute Gasteiger partial charge is 0.341 e. The highest BCUT2D eigenvalue weighted by molar-refractivity contribution is 7.73. The van der Waals surface area contributed by atoms with Crippen LogP contribution in [0.25, 0.3) is 0 Å². The van der Waals surface area contributed by atoms with Gasteiger partial charge in [0.1, 0.15) is 11.2 Å². The van der Waals surface area contributed by atoms with Crippen LogP contribution in [-0.4, -0.2) is 29.3 Å². The van der Waals surface area contributed by atoms with E-state index < -0.39 is 32.8 Å². The summed E-state index contributed by atoms with van der Waals surface area (Å²) in [5.41, 5.74) is -0.948. The van der Waals surface area contributed by atoms with Gasteiger partial charge in [-0.25, -0.2) is 0 Å². The molecular weight excluding hydrogens is 490 g/mol. The maximum atomic E-state index is 6.90. The van der Waals surface area contributed by atoms with E-state index in [9.17, 15) is 0 Å². The fourth-order valence-electron chi connectivity index (χ4n) is 5.42. The van der Waals surface area contributed by atoms with Gasteiger partial charge in [-0.3, -0.25) is 0 Å². The van der Waals surface area contributed by atoms with Gasteiger partial charge in [0.05, 0.1) is 0 Å². The molecule has 0 bridgehead atoms. The highest BCUT2D eigenvalue weighted by Crippen LogP contribution is 2.54. The number of hydrogen-bond acceptors (Lipinski definition) is 2. The van der Waals surface area contributed by atoms with Gasteiger partial charge >= 0.3 is 0 Å². The van der Waals surface area contributed by atoms with Crippen LogP contribution >= 0.6 is 15.8 Å². The van der Waals surface area contributed by atoms with Crippen LogP contribution in [0.3, 0.4) is 0 Å². The molecule has 1 aliphatic heterocycles. The summed E-state index contributed by atoms with van der Waals surface area (Å²) in [4.78, 5) is 0. The van der Waals surface area contributed by atoms with Crippen molar-refractivity contribution < 1.29 is 9.47 Å². The molecule has 2 atom stereocenters. The second-order valence-corrected chi connectivity index (χ2v) is 15.0. The van der Waals surface area contributed by atoms with Crippen molar-refractivity contribution in [1.29, 1.82) is 0 Å². The van der Waals surface area contributed by atoms with Gasteiger partial charge in [0.2, 0.25) is 0 Å². The van der Waals surface area contributed by atoms with E-state index in [4.69, 9.17) is 9.47 Å². The molecule has 37 heavy (non-hydrogen) atoms. The first-order chi connectivity index (χ1) is 17.8. The fourth-order valence-corrected chi connectivity index (χ4v) is 10.9. The monoisotopic (exact) mass is 526 g/mol. The Hall–Kier alpha value is -2.34. The number of rotatable bonds is 8. The van der Waals surface area contributed by atoms with Gasteiger partial charge in [0.15, 0.2) is 5.79 Å². The van der Waals surface area contributed by atoms with Crippen molar-refractivity contribution in [1.82, 2.24) is 0 Å². The van der Waals surface area contributed by atoms with Crippen molar-refractivity contribution in [2.45, 2.75) is 44.7 Å². The van der Waals surface area contributed by atoms with Crippen molar-refractivity contribution in [2.24, 2.45) is 0 Å². The van der Waals surface area contributed by atoms with Gasteiger partial charge in [0.25, 0.3) is 0 Å². The van der Waals surface area contributed by atoms with Crippen molar-refractivity contribution in [3.8, 4) is 0 Å². The minimum atomic E-state index is -0.660. The van der Waals surface area contributed by atoms with Crippen LogP contribution in [0.5, 0.6) is 0 Å². The lowest BCUT2D eigenvalue weighted by Crippen LogP contribution is -2.53. The van der Waals surface area contributed by atoms with Crippen LogP contribution in [0.2, 0.25) is 0 Å².